The lowest BCUT2D eigenvalue weighted by atomic mass is 9.99. The van der Waals surface area contributed by atoms with Crippen LogP contribution in [0.15, 0.2) is 24.3 Å². The summed E-state index contributed by atoms with van der Waals surface area (Å²) >= 11 is 0. The van der Waals surface area contributed by atoms with Crippen molar-refractivity contribution < 1.29 is 49.3 Å². The standard InChI is InChI=1S/C60H113NO10/c1-3-5-7-9-11-13-15-23-27-30-34-38-42-46-53(63)52(51-70-60-59(68)58(67)57(66)54(50-62)71-60)61-55(64)47-43-39-35-31-28-24-21-19-17-16-18-20-22-25-29-33-37-41-45-49-69-56(65)48-44-40-36-32-26-14-12-10-8-6-4-2/h27,30,42,46,52-54,57-60,62-63,66-68H,3-26,28-29,31-41,43-45,47-51H2,1-2H3,(H,61,64)/b30-27+,46-42+. The molecule has 11 heteroatoms. The molecule has 1 rings (SSSR count). The van der Waals surface area contributed by atoms with Crippen molar-refractivity contribution in [2.24, 2.45) is 0 Å². The van der Waals surface area contributed by atoms with E-state index in [9.17, 15) is 35.1 Å². The number of carbonyl (C=O) groups excluding carboxylic acids is 2. The highest BCUT2D eigenvalue weighted by atomic mass is 16.7. The van der Waals surface area contributed by atoms with Crippen molar-refractivity contribution >= 4 is 11.9 Å². The molecule has 7 atom stereocenters. The molecule has 6 N–H and O–H groups in total. The Balaban J connectivity index is 2.09. The molecular weight excluding hydrogens is 895 g/mol. The summed E-state index contributed by atoms with van der Waals surface area (Å²) in [5, 5.41) is 54.3. The molecule has 1 amide bonds. The van der Waals surface area contributed by atoms with Gasteiger partial charge in [-0.1, -0.05) is 250 Å². The summed E-state index contributed by atoms with van der Waals surface area (Å²) in [4.78, 5) is 25.0. The summed E-state index contributed by atoms with van der Waals surface area (Å²) in [5.74, 6) is -0.201. The first-order valence-corrected chi connectivity index (χ1v) is 30.1. The highest BCUT2D eigenvalue weighted by Gasteiger charge is 2.44. The Hall–Kier alpha value is -1.86. The number of ether oxygens (including phenoxy) is 3. The van der Waals surface area contributed by atoms with E-state index in [1.807, 2.05) is 6.08 Å². The van der Waals surface area contributed by atoms with Crippen LogP contribution in [0.25, 0.3) is 0 Å². The van der Waals surface area contributed by atoms with E-state index < -0.39 is 49.5 Å². The van der Waals surface area contributed by atoms with Crippen molar-refractivity contribution in [2.45, 2.75) is 326 Å². The average Bonchev–Trinajstić information content (AvgIpc) is 3.37. The van der Waals surface area contributed by atoms with E-state index in [1.54, 1.807) is 6.08 Å². The zero-order chi connectivity index (χ0) is 51.7. The third kappa shape index (κ3) is 40.2. The van der Waals surface area contributed by atoms with E-state index in [0.717, 1.165) is 64.2 Å². The minimum absolute atomic E-state index is 0.00649. The lowest BCUT2D eigenvalue weighted by Crippen LogP contribution is -2.60. The fraction of sp³-hybridized carbons (Fsp3) is 0.900. The van der Waals surface area contributed by atoms with Crippen molar-refractivity contribution in [3.05, 3.63) is 24.3 Å². The third-order valence-electron chi connectivity index (χ3n) is 14.3. The summed E-state index contributed by atoms with van der Waals surface area (Å²) in [6.07, 6.45) is 49.8. The van der Waals surface area contributed by atoms with Gasteiger partial charge in [-0.05, 0) is 44.9 Å². The Kier molecular flexibility index (Phi) is 47.6. The van der Waals surface area contributed by atoms with E-state index in [-0.39, 0.29) is 18.5 Å². The summed E-state index contributed by atoms with van der Waals surface area (Å²) < 4.78 is 16.7. The molecule has 0 bridgehead atoms. The number of allylic oxidation sites excluding steroid dienone is 3. The van der Waals surface area contributed by atoms with E-state index in [0.29, 0.717) is 19.4 Å². The summed E-state index contributed by atoms with van der Waals surface area (Å²) in [6, 6.07) is -0.829. The molecule has 0 saturated carbocycles. The summed E-state index contributed by atoms with van der Waals surface area (Å²) in [6.45, 7) is 4.32. The van der Waals surface area contributed by atoms with Crippen LogP contribution in [0.2, 0.25) is 0 Å². The van der Waals surface area contributed by atoms with Gasteiger partial charge in [0.2, 0.25) is 5.91 Å². The highest BCUT2D eigenvalue weighted by Crippen LogP contribution is 2.23. The van der Waals surface area contributed by atoms with Crippen LogP contribution in [0.4, 0.5) is 0 Å². The maximum Gasteiger partial charge on any atom is 0.305 e. The van der Waals surface area contributed by atoms with Crippen molar-refractivity contribution in [1.82, 2.24) is 5.32 Å². The van der Waals surface area contributed by atoms with E-state index in [1.165, 1.54) is 193 Å². The zero-order valence-corrected chi connectivity index (χ0v) is 45.9. The van der Waals surface area contributed by atoms with Gasteiger partial charge in [-0.2, -0.15) is 0 Å². The lowest BCUT2D eigenvalue weighted by molar-refractivity contribution is -0.302. The van der Waals surface area contributed by atoms with Crippen molar-refractivity contribution in [2.75, 3.05) is 19.8 Å². The Bertz CT molecular complexity index is 1230. The minimum Gasteiger partial charge on any atom is -0.466 e. The Morgan fingerprint density at radius 2 is 0.915 bits per heavy atom. The first kappa shape index (κ1) is 67.2. The van der Waals surface area contributed by atoms with Gasteiger partial charge < -0.3 is 45.1 Å². The molecule has 7 unspecified atom stereocenters. The Morgan fingerprint density at radius 1 is 0.507 bits per heavy atom. The molecule has 0 spiro atoms. The quantitative estimate of drug-likeness (QED) is 0.0195. The van der Waals surface area contributed by atoms with Crippen molar-refractivity contribution in [1.29, 1.82) is 0 Å². The number of hydrogen-bond acceptors (Lipinski definition) is 10. The number of hydrogen-bond donors (Lipinski definition) is 6. The predicted molar refractivity (Wildman–Crippen MR) is 292 cm³/mol. The second-order valence-electron chi connectivity index (χ2n) is 21.1. The van der Waals surface area contributed by atoms with Gasteiger partial charge in [-0.25, -0.2) is 0 Å². The van der Waals surface area contributed by atoms with Gasteiger partial charge in [0.1, 0.15) is 24.4 Å². The molecule has 0 radical (unpaired) electrons. The molecule has 71 heavy (non-hydrogen) atoms. The smallest absolute Gasteiger partial charge is 0.305 e. The van der Waals surface area contributed by atoms with Gasteiger partial charge in [0.05, 0.1) is 32.0 Å². The van der Waals surface area contributed by atoms with Crippen LogP contribution in [0, 0.1) is 0 Å². The second kappa shape index (κ2) is 50.3. The number of rotatable bonds is 52. The number of carbonyl (C=O) groups is 2. The first-order chi connectivity index (χ1) is 34.7. The van der Waals surface area contributed by atoms with E-state index in [2.05, 4.69) is 31.3 Å². The zero-order valence-electron chi connectivity index (χ0n) is 45.9. The number of aliphatic hydroxyl groups is 5. The largest absolute Gasteiger partial charge is 0.466 e. The molecule has 1 aliphatic rings. The van der Waals surface area contributed by atoms with E-state index in [4.69, 9.17) is 14.2 Å². The third-order valence-corrected chi connectivity index (χ3v) is 14.3. The van der Waals surface area contributed by atoms with Crippen LogP contribution >= 0.6 is 0 Å². The monoisotopic (exact) mass is 1010 g/mol. The molecule has 418 valence electrons. The molecule has 1 heterocycles. The second-order valence-corrected chi connectivity index (χ2v) is 21.1. The molecule has 0 aromatic heterocycles. The normalized spacial score (nSPS) is 19.2. The maximum absolute atomic E-state index is 13.0. The number of unbranched alkanes of at least 4 members (excludes halogenated alkanes) is 36. The molecule has 0 aliphatic carbocycles. The molecule has 11 nitrogen and oxygen atoms in total. The molecule has 1 fully saturated rings. The lowest BCUT2D eigenvalue weighted by Gasteiger charge is -2.40. The SMILES string of the molecule is CCCCCCCCC/C=C/CC/C=C/C(O)C(COC1OC(CO)C(O)C(O)C1O)NC(=O)CCCCCCCCCCCCCCCCCCCCCOC(=O)CCCCCCCCCCCCC. The first-order valence-electron chi connectivity index (χ1n) is 30.1. The van der Waals surface area contributed by atoms with Gasteiger partial charge in [0, 0.05) is 12.8 Å². The van der Waals surface area contributed by atoms with Crippen LogP contribution in [0.1, 0.15) is 284 Å². The van der Waals surface area contributed by atoms with Gasteiger partial charge in [-0.15, -0.1) is 0 Å². The highest BCUT2D eigenvalue weighted by molar-refractivity contribution is 5.76. The number of nitrogens with one attached hydrogen (secondary N) is 1. The minimum atomic E-state index is -1.58. The van der Waals surface area contributed by atoms with Crippen molar-refractivity contribution in [3.63, 3.8) is 0 Å². The number of amides is 1. The van der Waals surface area contributed by atoms with Crippen LogP contribution in [0.3, 0.4) is 0 Å². The Morgan fingerprint density at radius 3 is 1.39 bits per heavy atom. The molecular formula is C60H113NO10. The fourth-order valence-corrected chi connectivity index (χ4v) is 9.51. The average molecular weight is 1010 g/mol. The maximum atomic E-state index is 13.0. The topological polar surface area (TPSA) is 175 Å². The van der Waals surface area contributed by atoms with Crippen LogP contribution < -0.4 is 5.32 Å². The van der Waals surface area contributed by atoms with Gasteiger partial charge in [0.25, 0.3) is 0 Å². The van der Waals surface area contributed by atoms with Crippen LogP contribution in [-0.4, -0.2) is 100 Å². The molecule has 0 aromatic rings. The fourth-order valence-electron chi connectivity index (χ4n) is 9.51. The predicted octanol–water partition coefficient (Wildman–Crippen LogP) is 13.7. The van der Waals surface area contributed by atoms with Crippen molar-refractivity contribution in [3.8, 4) is 0 Å². The molecule has 0 aromatic carbocycles. The number of aliphatic hydroxyl groups excluding tert-OH is 5. The van der Waals surface area contributed by atoms with Crippen LogP contribution in [-0.2, 0) is 23.8 Å². The molecule has 1 aliphatic heterocycles. The summed E-state index contributed by atoms with van der Waals surface area (Å²) in [5.41, 5.74) is 0. The number of esters is 1. The molecule has 1 saturated heterocycles. The van der Waals surface area contributed by atoms with E-state index >= 15 is 0 Å². The summed E-state index contributed by atoms with van der Waals surface area (Å²) in [7, 11) is 0. The van der Waals surface area contributed by atoms with Gasteiger partial charge in [0.15, 0.2) is 6.29 Å². The van der Waals surface area contributed by atoms with Gasteiger partial charge >= 0.3 is 5.97 Å². The Labute approximate surface area is 435 Å². The van der Waals surface area contributed by atoms with Gasteiger partial charge in [-0.3, -0.25) is 9.59 Å². The van der Waals surface area contributed by atoms with Crippen LogP contribution in [0.5, 0.6) is 0 Å².